The van der Waals surface area contributed by atoms with Crippen molar-refractivity contribution in [3.8, 4) is 0 Å². The summed E-state index contributed by atoms with van der Waals surface area (Å²) >= 11 is 0. The second kappa shape index (κ2) is 8.55. The molecule has 23 heavy (non-hydrogen) atoms. The van der Waals surface area contributed by atoms with Crippen LogP contribution < -0.4 is 5.32 Å². The minimum atomic E-state index is -0.0798. The predicted octanol–water partition coefficient (Wildman–Crippen LogP) is 1.59. The summed E-state index contributed by atoms with van der Waals surface area (Å²) in [5, 5.41) is 7.27. The second-order valence-corrected chi connectivity index (χ2v) is 5.55. The van der Waals surface area contributed by atoms with Crippen LogP contribution in [0.2, 0.25) is 0 Å². The maximum Gasteiger partial charge on any atom is 0.309 e. The summed E-state index contributed by atoms with van der Waals surface area (Å²) in [5.41, 5.74) is 0.951. The summed E-state index contributed by atoms with van der Waals surface area (Å²) < 4.78 is 10.4. The standard InChI is InChI=1S/C16H26N4O3/c1-4-13-10-14(23-19-13)11-18-16(17-3)20-8-6-12(7-9-20)15(21)22-5-2/h10,12H,4-9,11H2,1-3H3,(H,17,18). The number of hydrogen-bond acceptors (Lipinski definition) is 5. The fourth-order valence-corrected chi connectivity index (χ4v) is 2.69. The molecule has 0 radical (unpaired) electrons. The summed E-state index contributed by atoms with van der Waals surface area (Å²) in [6, 6.07) is 1.95. The number of nitrogens with zero attached hydrogens (tertiary/aromatic N) is 3. The van der Waals surface area contributed by atoms with E-state index in [1.54, 1.807) is 7.05 Å². The van der Waals surface area contributed by atoms with Gasteiger partial charge < -0.3 is 19.5 Å². The van der Waals surface area contributed by atoms with Crippen LogP contribution in [0.5, 0.6) is 0 Å². The lowest BCUT2D eigenvalue weighted by molar-refractivity contribution is -0.149. The van der Waals surface area contributed by atoms with Crippen molar-refractivity contribution in [2.24, 2.45) is 10.9 Å². The number of guanidine groups is 1. The highest BCUT2D eigenvalue weighted by atomic mass is 16.5. The molecule has 1 fully saturated rings. The zero-order chi connectivity index (χ0) is 16.7. The molecular weight excluding hydrogens is 296 g/mol. The number of esters is 1. The van der Waals surface area contributed by atoms with E-state index in [0.717, 1.165) is 49.8 Å². The van der Waals surface area contributed by atoms with Gasteiger partial charge in [0.05, 0.1) is 24.8 Å². The number of carbonyl (C=O) groups excluding carboxylic acids is 1. The van der Waals surface area contributed by atoms with Gasteiger partial charge in [0, 0.05) is 26.2 Å². The third-order valence-electron chi connectivity index (χ3n) is 4.02. The first-order chi connectivity index (χ1) is 11.2. The van der Waals surface area contributed by atoms with Crippen LogP contribution in [0.3, 0.4) is 0 Å². The van der Waals surface area contributed by atoms with Gasteiger partial charge in [0.15, 0.2) is 11.7 Å². The fraction of sp³-hybridized carbons (Fsp3) is 0.688. The van der Waals surface area contributed by atoms with Crippen molar-refractivity contribution >= 4 is 11.9 Å². The molecule has 0 bridgehead atoms. The molecule has 2 rings (SSSR count). The Labute approximate surface area is 137 Å². The van der Waals surface area contributed by atoms with Gasteiger partial charge in [-0.3, -0.25) is 9.79 Å². The second-order valence-electron chi connectivity index (χ2n) is 5.55. The van der Waals surface area contributed by atoms with Gasteiger partial charge in [-0.25, -0.2) is 0 Å². The molecule has 0 aliphatic carbocycles. The Bertz CT molecular complexity index is 533. The van der Waals surface area contributed by atoms with E-state index in [0.29, 0.717) is 13.2 Å². The fourth-order valence-electron chi connectivity index (χ4n) is 2.69. The molecule has 0 unspecified atom stereocenters. The molecule has 1 aromatic rings. The SMILES string of the molecule is CCOC(=O)C1CCN(C(=NC)NCc2cc(CC)no2)CC1. The van der Waals surface area contributed by atoms with E-state index in [4.69, 9.17) is 9.26 Å². The number of rotatable bonds is 5. The molecule has 1 aliphatic heterocycles. The third kappa shape index (κ3) is 4.71. The molecule has 2 heterocycles. The first-order valence-electron chi connectivity index (χ1n) is 8.24. The van der Waals surface area contributed by atoms with Crippen molar-refractivity contribution < 1.29 is 14.1 Å². The molecular formula is C16H26N4O3. The highest BCUT2D eigenvalue weighted by Gasteiger charge is 2.27. The molecule has 1 aliphatic rings. The number of aromatic nitrogens is 1. The number of aryl methyl sites for hydroxylation is 1. The van der Waals surface area contributed by atoms with Gasteiger partial charge in [-0.1, -0.05) is 12.1 Å². The topological polar surface area (TPSA) is 80.0 Å². The van der Waals surface area contributed by atoms with Gasteiger partial charge in [0.25, 0.3) is 0 Å². The molecule has 0 saturated carbocycles. The van der Waals surface area contributed by atoms with Gasteiger partial charge in [-0.05, 0) is 26.2 Å². The van der Waals surface area contributed by atoms with Crippen LogP contribution in [0.15, 0.2) is 15.6 Å². The van der Waals surface area contributed by atoms with Crippen LogP contribution >= 0.6 is 0 Å². The number of hydrogen-bond donors (Lipinski definition) is 1. The van der Waals surface area contributed by atoms with E-state index >= 15 is 0 Å². The van der Waals surface area contributed by atoms with Gasteiger partial charge in [-0.2, -0.15) is 0 Å². The van der Waals surface area contributed by atoms with Crippen molar-refractivity contribution in [1.29, 1.82) is 0 Å². The minimum Gasteiger partial charge on any atom is -0.466 e. The van der Waals surface area contributed by atoms with Crippen LogP contribution in [0.4, 0.5) is 0 Å². The van der Waals surface area contributed by atoms with Crippen LogP contribution in [0, 0.1) is 5.92 Å². The Morgan fingerprint density at radius 3 is 2.78 bits per heavy atom. The van der Waals surface area contributed by atoms with Crippen LogP contribution in [-0.4, -0.2) is 48.7 Å². The quantitative estimate of drug-likeness (QED) is 0.504. The van der Waals surface area contributed by atoms with Crippen LogP contribution in [0.1, 0.15) is 38.1 Å². The maximum atomic E-state index is 11.8. The van der Waals surface area contributed by atoms with E-state index in [1.165, 1.54) is 0 Å². The monoisotopic (exact) mass is 322 g/mol. The van der Waals surface area contributed by atoms with Crippen molar-refractivity contribution in [3.63, 3.8) is 0 Å². The Morgan fingerprint density at radius 2 is 2.22 bits per heavy atom. The highest BCUT2D eigenvalue weighted by molar-refractivity contribution is 5.80. The zero-order valence-electron chi connectivity index (χ0n) is 14.2. The lowest BCUT2D eigenvalue weighted by Crippen LogP contribution is -2.46. The molecule has 0 aromatic carbocycles. The largest absolute Gasteiger partial charge is 0.466 e. The molecule has 0 spiro atoms. The molecule has 7 heteroatoms. The lowest BCUT2D eigenvalue weighted by atomic mass is 9.97. The third-order valence-corrected chi connectivity index (χ3v) is 4.02. The molecule has 1 aromatic heterocycles. The van der Waals surface area contributed by atoms with Crippen molar-refractivity contribution in [3.05, 3.63) is 17.5 Å². The van der Waals surface area contributed by atoms with E-state index in [9.17, 15) is 4.79 Å². The van der Waals surface area contributed by atoms with Crippen molar-refractivity contribution in [2.75, 3.05) is 26.7 Å². The predicted molar refractivity (Wildman–Crippen MR) is 87.0 cm³/mol. The van der Waals surface area contributed by atoms with E-state index < -0.39 is 0 Å². The van der Waals surface area contributed by atoms with E-state index in [1.807, 2.05) is 19.9 Å². The van der Waals surface area contributed by atoms with E-state index in [2.05, 4.69) is 20.4 Å². The number of ether oxygens (including phenoxy) is 1. The minimum absolute atomic E-state index is 0.00527. The molecule has 1 N–H and O–H groups in total. The zero-order valence-corrected chi connectivity index (χ0v) is 14.2. The first-order valence-corrected chi connectivity index (χ1v) is 8.24. The number of likely N-dealkylation sites (tertiary alicyclic amines) is 1. The summed E-state index contributed by atoms with van der Waals surface area (Å²) in [7, 11) is 1.76. The summed E-state index contributed by atoms with van der Waals surface area (Å²) in [4.78, 5) is 18.3. The Hall–Kier alpha value is -2.05. The smallest absolute Gasteiger partial charge is 0.309 e. The summed E-state index contributed by atoms with van der Waals surface area (Å²) in [5.74, 6) is 1.54. The van der Waals surface area contributed by atoms with E-state index in [-0.39, 0.29) is 11.9 Å². The Balaban J connectivity index is 1.82. The van der Waals surface area contributed by atoms with Crippen molar-refractivity contribution in [1.82, 2.24) is 15.4 Å². The Morgan fingerprint density at radius 1 is 1.48 bits per heavy atom. The van der Waals surface area contributed by atoms with Crippen LogP contribution in [0.25, 0.3) is 0 Å². The number of piperidine rings is 1. The number of carbonyl (C=O) groups is 1. The van der Waals surface area contributed by atoms with Crippen molar-refractivity contribution in [2.45, 2.75) is 39.7 Å². The maximum absolute atomic E-state index is 11.8. The Kier molecular flexibility index (Phi) is 6.43. The summed E-state index contributed by atoms with van der Waals surface area (Å²) in [6.07, 6.45) is 2.45. The number of nitrogens with one attached hydrogen (secondary N) is 1. The average molecular weight is 322 g/mol. The number of aliphatic imine (C=N–C) groups is 1. The van der Waals surface area contributed by atoms with Crippen LogP contribution in [-0.2, 0) is 22.5 Å². The van der Waals surface area contributed by atoms with Gasteiger partial charge in [0.1, 0.15) is 0 Å². The molecule has 7 nitrogen and oxygen atoms in total. The van der Waals surface area contributed by atoms with Gasteiger partial charge in [-0.15, -0.1) is 0 Å². The molecule has 1 saturated heterocycles. The molecule has 0 amide bonds. The lowest BCUT2D eigenvalue weighted by Gasteiger charge is -2.33. The average Bonchev–Trinajstić information content (AvgIpc) is 3.04. The molecule has 128 valence electrons. The first kappa shape index (κ1) is 17.3. The highest BCUT2D eigenvalue weighted by Crippen LogP contribution is 2.18. The molecule has 0 atom stereocenters. The van der Waals surface area contributed by atoms with Gasteiger partial charge >= 0.3 is 5.97 Å². The van der Waals surface area contributed by atoms with Gasteiger partial charge in [0.2, 0.25) is 0 Å². The normalized spacial score (nSPS) is 16.5. The summed E-state index contributed by atoms with van der Waals surface area (Å²) in [6.45, 7) is 6.46.